The highest BCUT2D eigenvalue weighted by atomic mass is 16.5. The number of rotatable bonds is 8. The van der Waals surface area contributed by atoms with Crippen LogP contribution in [0.3, 0.4) is 0 Å². The Kier molecular flexibility index (Phi) is 6.27. The van der Waals surface area contributed by atoms with Crippen LogP contribution in [0.5, 0.6) is 17.2 Å². The number of ether oxygens (including phenoxy) is 3. The molecule has 0 radical (unpaired) electrons. The largest absolute Gasteiger partial charge is 0.493 e. The summed E-state index contributed by atoms with van der Waals surface area (Å²) >= 11 is 0. The van der Waals surface area contributed by atoms with E-state index in [0.717, 1.165) is 54.5 Å². The van der Waals surface area contributed by atoms with Crippen LogP contribution in [0.15, 0.2) is 67.0 Å². The number of pyridine rings is 1. The average molecular weight is 390 g/mol. The van der Waals surface area contributed by atoms with Crippen molar-refractivity contribution >= 4 is 0 Å². The molecule has 1 aliphatic heterocycles. The molecule has 0 amide bonds. The van der Waals surface area contributed by atoms with Crippen molar-refractivity contribution in [3.63, 3.8) is 0 Å². The summed E-state index contributed by atoms with van der Waals surface area (Å²) in [5.74, 6) is 2.96. The van der Waals surface area contributed by atoms with E-state index in [2.05, 4.69) is 34.6 Å². The minimum absolute atomic E-state index is 0.458. The number of hydrogen-bond acceptors (Lipinski definition) is 5. The molecular weight excluding hydrogens is 364 g/mol. The van der Waals surface area contributed by atoms with E-state index in [1.807, 2.05) is 36.5 Å². The first kappa shape index (κ1) is 19.3. The molecule has 3 aromatic rings. The van der Waals surface area contributed by atoms with Crippen LogP contribution in [0, 0.1) is 0 Å². The third-order valence-corrected chi connectivity index (χ3v) is 5.15. The van der Waals surface area contributed by atoms with Crippen molar-refractivity contribution in [2.24, 2.45) is 0 Å². The van der Waals surface area contributed by atoms with Gasteiger partial charge in [0.1, 0.15) is 12.4 Å². The van der Waals surface area contributed by atoms with E-state index >= 15 is 0 Å². The first-order chi connectivity index (χ1) is 14.3. The van der Waals surface area contributed by atoms with E-state index in [0.29, 0.717) is 12.5 Å². The molecule has 1 aliphatic rings. The second-order valence-corrected chi connectivity index (χ2v) is 7.14. The number of methoxy groups -OCH3 is 1. The van der Waals surface area contributed by atoms with E-state index < -0.39 is 0 Å². The van der Waals surface area contributed by atoms with Crippen molar-refractivity contribution in [3.05, 3.63) is 83.7 Å². The molecule has 0 saturated carbocycles. The van der Waals surface area contributed by atoms with Gasteiger partial charge in [0.15, 0.2) is 11.5 Å². The second kappa shape index (κ2) is 9.43. The fourth-order valence-electron chi connectivity index (χ4n) is 3.61. The number of nitrogens with one attached hydrogen (secondary N) is 1. The normalized spacial score (nSPS) is 15.3. The molecule has 0 aliphatic carbocycles. The van der Waals surface area contributed by atoms with Crippen molar-refractivity contribution in [1.82, 2.24) is 10.3 Å². The Morgan fingerprint density at radius 2 is 2.00 bits per heavy atom. The summed E-state index contributed by atoms with van der Waals surface area (Å²) < 4.78 is 17.2. The third-order valence-electron chi connectivity index (χ3n) is 5.15. The zero-order chi connectivity index (χ0) is 19.9. The Labute approximate surface area is 171 Å². The van der Waals surface area contributed by atoms with Crippen LogP contribution in [-0.2, 0) is 13.2 Å². The lowest BCUT2D eigenvalue weighted by atomic mass is 9.93. The summed E-state index contributed by atoms with van der Waals surface area (Å²) in [7, 11) is 1.66. The van der Waals surface area contributed by atoms with E-state index in [1.54, 1.807) is 13.3 Å². The summed E-state index contributed by atoms with van der Waals surface area (Å²) in [6, 6.07) is 18.3. The SMILES string of the molecule is COc1ccc(CNCC2CCOc3ccccc32)cc1OCc1cccnc1. The lowest BCUT2D eigenvalue weighted by Crippen LogP contribution is -2.25. The quantitative estimate of drug-likeness (QED) is 0.621. The monoisotopic (exact) mass is 390 g/mol. The van der Waals surface area contributed by atoms with Gasteiger partial charge in [-0.25, -0.2) is 0 Å². The molecule has 5 nitrogen and oxygen atoms in total. The van der Waals surface area contributed by atoms with E-state index in [9.17, 15) is 0 Å². The van der Waals surface area contributed by atoms with Crippen LogP contribution in [0.25, 0.3) is 0 Å². The van der Waals surface area contributed by atoms with Gasteiger partial charge in [0.05, 0.1) is 13.7 Å². The van der Waals surface area contributed by atoms with Gasteiger partial charge < -0.3 is 19.5 Å². The zero-order valence-corrected chi connectivity index (χ0v) is 16.6. The maximum Gasteiger partial charge on any atom is 0.161 e. The van der Waals surface area contributed by atoms with Gasteiger partial charge in [-0.3, -0.25) is 4.98 Å². The molecule has 0 fully saturated rings. The molecule has 0 spiro atoms. The lowest BCUT2D eigenvalue weighted by Gasteiger charge is -2.26. The summed E-state index contributed by atoms with van der Waals surface area (Å²) in [5, 5.41) is 3.59. The van der Waals surface area contributed by atoms with Gasteiger partial charge in [-0.15, -0.1) is 0 Å². The van der Waals surface area contributed by atoms with Crippen LogP contribution >= 0.6 is 0 Å². The fourth-order valence-corrected chi connectivity index (χ4v) is 3.61. The van der Waals surface area contributed by atoms with Crippen LogP contribution in [0.4, 0.5) is 0 Å². The Morgan fingerprint density at radius 3 is 2.86 bits per heavy atom. The molecule has 1 N–H and O–H groups in total. The number of fused-ring (bicyclic) bond motifs is 1. The van der Waals surface area contributed by atoms with Gasteiger partial charge in [-0.1, -0.05) is 30.3 Å². The zero-order valence-electron chi connectivity index (χ0n) is 16.6. The third kappa shape index (κ3) is 4.87. The van der Waals surface area contributed by atoms with Crippen LogP contribution < -0.4 is 19.5 Å². The maximum absolute atomic E-state index is 5.99. The minimum atomic E-state index is 0.458. The first-order valence-electron chi connectivity index (χ1n) is 9.94. The Bertz CT molecular complexity index is 930. The topological polar surface area (TPSA) is 52.6 Å². The van der Waals surface area contributed by atoms with Crippen molar-refractivity contribution < 1.29 is 14.2 Å². The molecular formula is C24H26N2O3. The van der Waals surface area contributed by atoms with Gasteiger partial charge >= 0.3 is 0 Å². The van der Waals surface area contributed by atoms with E-state index in [1.165, 1.54) is 5.56 Å². The van der Waals surface area contributed by atoms with Crippen molar-refractivity contribution in [3.8, 4) is 17.2 Å². The van der Waals surface area contributed by atoms with E-state index in [-0.39, 0.29) is 0 Å². The predicted octanol–water partition coefficient (Wildman–Crippen LogP) is 4.33. The molecule has 1 unspecified atom stereocenters. The summed E-state index contributed by atoms with van der Waals surface area (Å²) in [6.45, 7) is 2.92. The molecule has 150 valence electrons. The first-order valence-corrected chi connectivity index (χ1v) is 9.94. The fraction of sp³-hybridized carbons (Fsp3) is 0.292. The second-order valence-electron chi connectivity index (χ2n) is 7.14. The smallest absolute Gasteiger partial charge is 0.161 e. The molecule has 29 heavy (non-hydrogen) atoms. The van der Waals surface area contributed by atoms with E-state index in [4.69, 9.17) is 14.2 Å². The molecule has 0 bridgehead atoms. The predicted molar refractivity (Wildman–Crippen MR) is 113 cm³/mol. The lowest BCUT2D eigenvalue weighted by molar-refractivity contribution is 0.264. The summed E-state index contributed by atoms with van der Waals surface area (Å²) in [6.07, 6.45) is 4.60. The molecule has 1 aromatic heterocycles. The number of nitrogens with zero attached hydrogens (tertiary/aromatic N) is 1. The molecule has 4 rings (SSSR count). The van der Waals surface area contributed by atoms with Crippen molar-refractivity contribution in [1.29, 1.82) is 0 Å². The summed E-state index contributed by atoms with van der Waals surface area (Å²) in [4.78, 5) is 4.13. The van der Waals surface area contributed by atoms with Crippen molar-refractivity contribution in [2.45, 2.75) is 25.5 Å². The van der Waals surface area contributed by atoms with Gasteiger partial charge in [-0.2, -0.15) is 0 Å². The highest BCUT2D eigenvalue weighted by Crippen LogP contribution is 2.33. The Morgan fingerprint density at radius 1 is 1.07 bits per heavy atom. The van der Waals surface area contributed by atoms with Crippen LogP contribution in [-0.4, -0.2) is 25.2 Å². The number of hydrogen-bond donors (Lipinski definition) is 1. The number of aromatic nitrogens is 1. The molecule has 0 saturated heterocycles. The maximum atomic E-state index is 5.99. The standard InChI is InChI=1S/C24H26N2O3/c1-27-23-9-8-18(13-24(23)29-17-19-5-4-11-25-15-19)14-26-16-20-10-12-28-22-7-3-2-6-21(20)22/h2-9,11,13,15,20,26H,10,12,14,16-17H2,1H3. The summed E-state index contributed by atoms with van der Waals surface area (Å²) in [5.41, 5.74) is 3.48. The average Bonchev–Trinajstić information content (AvgIpc) is 2.78. The molecule has 5 heteroatoms. The number of para-hydroxylation sites is 1. The number of benzene rings is 2. The molecule has 2 heterocycles. The Hall–Kier alpha value is -3.05. The van der Waals surface area contributed by atoms with Gasteiger partial charge in [0.2, 0.25) is 0 Å². The van der Waals surface area contributed by atoms with Crippen molar-refractivity contribution in [2.75, 3.05) is 20.3 Å². The molecule has 2 aromatic carbocycles. The van der Waals surface area contributed by atoms with Crippen LogP contribution in [0.2, 0.25) is 0 Å². The van der Waals surface area contributed by atoms with Gasteiger partial charge in [0.25, 0.3) is 0 Å². The minimum Gasteiger partial charge on any atom is -0.493 e. The van der Waals surface area contributed by atoms with Gasteiger partial charge in [-0.05, 0) is 41.8 Å². The molecule has 1 atom stereocenters. The van der Waals surface area contributed by atoms with Gasteiger partial charge in [0, 0.05) is 37.0 Å². The Balaban J connectivity index is 1.37. The van der Waals surface area contributed by atoms with Crippen LogP contribution in [0.1, 0.15) is 29.0 Å². The highest BCUT2D eigenvalue weighted by molar-refractivity contribution is 5.43. The highest BCUT2D eigenvalue weighted by Gasteiger charge is 2.20.